The molecule has 2 fully saturated rings. The van der Waals surface area contributed by atoms with Crippen LogP contribution < -0.4 is 0 Å². The number of ether oxygens (including phenoxy) is 1. The van der Waals surface area contributed by atoms with E-state index in [0.29, 0.717) is 25.9 Å². The van der Waals surface area contributed by atoms with Crippen LogP contribution in [0.15, 0.2) is 30.9 Å². The smallest absolute Gasteiger partial charge is 0.311 e. The van der Waals surface area contributed by atoms with Crippen LogP contribution in [0.3, 0.4) is 0 Å². The molecule has 1 aromatic carbocycles. The Morgan fingerprint density at radius 3 is 2.71 bits per heavy atom. The highest BCUT2D eigenvalue weighted by molar-refractivity contribution is 5.88. The van der Waals surface area contributed by atoms with Gasteiger partial charge in [0, 0.05) is 31.6 Å². The van der Waals surface area contributed by atoms with Gasteiger partial charge in [-0.2, -0.15) is 0 Å². The Labute approximate surface area is 162 Å². The third-order valence-electron chi connectivity index (χ3n) is 5.59. The van der Waals surface area contributed by atoms with Crippen molar-refractivity contribution in [2.75, 3.05) is 26.8 Å². The molecule has 6 nitrogen and oxygen atoms in total. The van der Waals surface area contributed by atoms with Gasteiger partial charge in [0.1, 0.15) is 11.6 Å². The van der Waals surface area contributed by atoms with Gasteiger partial charge in [0.15, 0.2) is 0 Å². The molecule has 1 spiro atoms. The quantitative estimate of drug-likeness (QED) is 0.548. The number of methoxy groups -OCH3 is 1. The Morgan fingerprint density at radius 1 is 1.36 bits per heavy atom. The molecule has 2 aliphatic heterocycles. The highest BCUT2D eigenvalue weighted by Gasteiger charge is 2.58. The zero-order valence-electron chi connectivity index (χ0n) is 15.8. The summed E-state index contributed by atoms with van der Waals surface area (Å²) in [5.41, 5.74) is -0.521. The van der Waals surface area contributed by atoms with Crippen molar-refractivity contribution in [3.8, 4) is 0 Å². The molecule has 2 heterocycles. The average Bonchev–Trinajstić information content (AvgIpc) is 2.95. The van der Waals surface area contributed by atoms with Gasteiger partial charge in [-0.05, 0) is 31.0 Å². The maximum atomic E-state index is 13.9. The summed E-state index contributed by atoms with van der Waals surface area (Å²) < 4.78 is 32.3. The van der Waals surface area contributed by atoms with Crippen molar-refractivity contribution in [3.63, 3.8) is 0 Å². The molecule has 28 heavy (non-hydrogen) atoms. The third-order valence-corrected chi connectivity index (χ3v) is 5.59. The van der Waals surface area contributed by atoms with E-state index in [2.05, 4.69) is 6.58 Å². The van der Waals surface area contributed by atoms with Gasteiger partial charge in [0.2, 0.25) is 5.91 Å². The predicted octanol–water partition coefficient (Wildman–Crippen LogP) is 2.44. The van der Waals surface area contributed by atoms with Gasteiger partial charge >= 0.3 is 5.97 Å². The van der Waals surface area contributed by atoms with Crippen LogP contribution in [-0.4, -0.2) is 54.2 Å². The lowest BCUT2D eigenvalue weighted by Crippen LogP contribution is -2.57. The lowest BCUT2D eigenvalue weighted by molar-refractivity contribution is -0.218. The molecular formula is C20H24F2N2O4. The molecule has 152 valence electrons. The number of halogens is 2. The first-order chi connectivity index (χ1) is 13.4. The Kier molecular flexibility index (Phi) is 6.10. The van der Waals surface area contributed by atoms with Crippen molar-refractivity contribution in [1.82, 2.24) is 9.96 Å². The molecule has 0 aliphatic carbocycles. The SMILES string of the molecule is C=CCON1C(=O)CC(C(=O)OC)C12CCN(Cc1cc(F)ccc1F)CC2. The first-order valence-electron chi connectivity index (χ1n) is 9.22. The fourth-order valence-corrected chi connectivity index (χ4v) is 4.17. The van der Waals surface area contributed by atoms with Gasteiger partial charge in [-0.25, -0.2) is 13.8 Å². The standard InChI is InChI=1S/C20H24F2N2O4/c1-3-10-28-24-18(25)12-16(19(26)27-2)20(24)6-8-23(9-7-20)13-14-11-15(21)4-5-17(14)22/h3-5,11,16H,1,6-10,12-13H2,2H3. The van der Waals surface area contributed by atoms with Crippen molar-refractivity contribution in [2.24, 2.45) is 5.92 Å². The molecule has 1 aromatic rings. The zero-order chi connectivity index (χ0) is 20.3. The molecule has 1 atom stereocenters. The fourth-order valence-electron chi connectivity index (χ4n) is 4.17. The zero-order valence-corrected chi connectivity index (χ0v) is 15.8. The second kappa shape index (κ2) is 8.36. The Balaban J connectivity index is 1.77. The molecular weight excluding hydrogens is 370 g/mol. The Morgan fingerprint density at radius 2 is 2.07 bits per heavy atom. The molecule has 0 radical (unpaired) electrons. The van der Waals surface area contributed by atoms with Gasteiger partial charge in [0.05, 0.1) is 25.2 Å². The summed E-state index contributed by atoms with van der Waals surface area (Å²) in [4.78, 5) is 32.4. The molecule has 0 N–H and O–H groups in total. The fraction of sp³-hybridized carbons (Fsp3) is 0.500. The molecule has 1 unspecified atom stereocenters. The number of likely N-dealkylation sites (tertiary alicyclic amines) is 1. The highest BCUT2D eigenvalue weighted by Crippen LogP contribution is 2.44. The number of benzene rings is 1. The molecule has 8 heteroatoms. The molecule has 3 rings (SSSR count). The maximum absolute atomic E-state index is 13.9. The monoisotopic (exact) mass is 394 g/mol. The van der Waals surface area contributed by atoms with Gasteiger partial charge in [-0.15, -0.1) is 6.58 Å². The number of carbonyl (C=O) groups excluding carboxylic acids is 2. The van der Waals surface area contributed by atoms with Crippen LogP contribution in [0.2, 0.25) is 0 Å². The normalized spacial score (nSPS) is 21.9. The van der Waals surface area contributed by atoms with E-state index in [1.54, 1.807) is 0 Å². The first kappa shape index (κ1) is 20.4. The van der Waals surface area contributed by atoms with E-state index in [4.69, 9.17) is 9.57 Å². The number of hydrogen-bond donors (Lipinski definition) is 0. The summed E-state index contributed by atoms with van der Waals surface area (Å²) in [6.07, 6.45) is 2.50. The number of hydroxylamine groups is 2. The summed E-state index contributed by atoms with van der Waals surface area (Å²) in [6.45, 7) is 5.01. The predicted molar refractivity (Wildman–Crippen MR) is 96.7 cm³/mol. The number of esters is 1. The van der Waals surface area contributed by atoms with Crippen LogP contribution in [-0.2, 0) is 25.7 Å². The summed E-state index contributed by atoms with van der Waals surface area (Å²) >= 11 is 0. The van der Waals surface area contributed by atoms with Crippen molar-refractivity contribution >= 4 is 11.9 Å². The van der Waals surface area contributed by atoms with Gasteiger partial charge in [-0.3, -0.25) is 19.3 Å². The van der Waals surface area contributed by atoms with Crippen LogP contribution in [0.1, 0.15) is 24.8 Å². The number of rotatable bonds is 6. The third kappa shape index (κ3) is 3.79. The van der Waals surface area contributed by atoms with E-state index in [9.17, 15) is 18.4 Å². The first-order valence-corrected chi connectivity index (χ1v) is 9.22. The van der Waals surface area contributed by atoms with E-state index in [-0.39, 0.29) is 31.0 Å². The Bertz CT molecular complexity index is 763. The van der Waals surface area contributed by atoms with Crippen LogP contribution >= 0.6 is 0 Å². The van der Waals surface area contributed by atoms with Gasteiger partial charge in [0.25, 0.3) is 0 Å². The summed E-state index contributed by atoms with van der Waals surface area (Å²) in [7, 11) is 1.30. The van der Waals surface area contributed by atoms with Crippen molar-refractivity contribution in [2.45, 2.75) is 31.3 Å². The number of hydrogen-bond acceptors (Lipinski definition) is 5. The van der Waals surface area contributed by atoms with Crippen molar-refractivity contribution in [3.05, 3.63) is 48.1 Å². The highest BCUT2D eigenvalue weighted by atomic mass is 19.1. The maximum Gasteiger partial charge on any atom is 0.311 e. The second-order valence-corrected chi connectivity index (χ2v) is 7.17. The minimum Gasteiger partial charge on any atom is -0.469 e. The summed E-state index contributed by atoms with van der Waals surface area (Å²) in [5, 5.41) is 1.32. The molecule has 0 bridgehead atoms. The molecule has 0 aromatic heterocycles. The van der Waals surface area contributed by atoms with Gasteiger partial charge in [-0.1, -0.05) is 6.08 Å². The largest absolute Gasteiger partial charge is 0.469 e. The van der Waals surface area contributed by atoms with E-state index in [0.717, 1.165) is 12.1 Å². The molecule has 0 saturated carbocycles. The van der Waals surface area contributed by atoms with Gasteiger partial charge < -0.3 is 4.74 Å². The van der Waals surface area contributed by atoms with Crippen LogP contribution in [0.25, 0.3) is 0 Å². The minimum absolute atomic E-state index is 0.0301. The molecule has 2 saturated heterocycles. The summed E-state index contributed by atoms with van der Waals surface area (Å²) in [6, 6.07) is 3.39. The topological polar surface area (TPSA) is 59.1 Å². The van der Waals surface area contributed by atoms with Crippen LogP contribution in [0, 0.1) is 17.6 Å². The number of amides is 1. The lowest BCUT2D eigenvalue weighted by Gasteiger charge is -2.45. The average molecular weight is 394 g/mol. The summed E-state index contributed by atoms with van der Waals surface area (Å²) in [5.74, 6) is -2.27. The van der Waals surface area contributed by atoms with E-state index in [1.807, 2.05) is 4.90 Å². The van der Waals surface area contributed by atoms with Crippen LogP contribution in [0.5, 0.6) is 0 Å². The van der Waals surface area contributed by atoms with Crippen molar-refractivity contribution < 1.29 is 27.9 Å². The molecule has 2 aliphatic rings. The van der Waals surface area contributed by atoms with Crippen molar-refractivity contribution in [1.29, 1.82) is 0 Å². The van der Waals surface area contributed by atoms with E-state index < -0.39 is 29.1 Å². The van der Waals surface area contributed by atoms with Crippen LogP contribution in [0.4, 0.5) is 8.78 Å². The lowest BCUT2D eigenvalue weighted by atomic mass is 9.77. The number of piperidine rings is 1. The Hall–Kier alpha value is -2.32. The number of nitrogens with zero attached hydrogens (tertiary/aromatic N) is 2. The minimum atomic E-state index is -0.801. The van der Waals surface area contributed by atoms with E-state index >= 15 is 0 Å². The second-order valence-electron chi connectivity index (χ2n) is 7.17. The number of carbonyl (C=O) groups is 2. The molecule has 1 amide bonds. The van der Waals surface area contributed by atoms with E-state index in [1.165, 1.54) is 24.3 Å².